The number of methoxy groups -OCH3 is 1. The van der Waals surface area contributed by atoms with Gasteiger partial charge in [-0.2, -0.15) is 0 Å². The van der Waals surface area contributed by atoms with Crippen molar-refractivity contribution in [1.82, 2.24) is 24.9 Å². The Labute approximate surface area is 173 Å². The molecule has 0 saturated carbocycles. The first-order valence-corrected chi connectivity index (χ1v) is 9.66. The van der Waals surface area contributed by atoms with Crippen molar-refractivity contribution in [3.8, 4) is 0 Å². The molecule has 0 unspecified atom stereocenters. The van der Waals surface area contributed by atoms with E-state index in [1.54, 1.807) is 13.4 Å². The standard InChI is InChI=1S/C20H22ClN7O/c1-12(26-19-17-18(23-10-22-17)24-11-25-19)14-9-13-5-4-6-15(21)16(13)27-20(14)28(2)7-8-29-3/h4-6,9-12H,7-8H2,1-3H3,(H2,22,23,24,25,26)/t12-/m0/s1. The van der Waals surface area contributed by atoms with Gasteiger partial charge in [-0.1, -0.05) is 23.7 Å². The van der Waals surface area contributed by atoms with E-state index in [0.717, 1.165) is 27.8 Å². The van der Waals surface area contributed by atoms with Gasteiger partial charge in [-0.15, -0.1) is 0 Å². The van der Waals surface area contributed by atoms with Crippen molar-refractivity contribution in [3.05, 3.63) is 47.5 Å². The van der Waals surface area contributed by atoms with Crippen LogP contribution in [0.15, 0.2) is 36.9 Å². The summed E-state index contributed by atoms with van der Waals surface area (Å²) < 4.78 is 5.24. The summed E-state index contributed by atoms with van der Waals surface area (Å²) in [6.45, 7) is 3.38. The molecule has 1 atom stereocenters. The van der Waals surface area contributed by atoms with E-state index < -0.39 is 0 Å². The summed E-state index contributed by atoms with van der Waals surface area (Å²) in [6.07, 6.45) is 3.11. The molecular weight excluding hydrogens is 390 g/mol. The van der Waals surface area contributed by atoms with Crippen LogP contribution in [-0.4, -0.2) is 52.2 Å². The van der Waals surface area contributed by atoms with E-state index in [4.69, 9.17) is 21.3 Å². The molecule has 0 fully saturated rings. The quantitative estimate of drug-likeness (QED) is 0.477. The van der Waals surface area contributed by atoms with Gasteiger partial charge in [0.2, 0.25) is 0 Å². The topological polar surface area (TPSA) is 91.8 Å². The monoisotopic (exact) mass is 411 g/mol. The molecule has 0 aliphatic rings. The maximum Gasteiger partial charge on any atom is 0.182 e. The van der Waals surface area contributed by atoms with E-state index in [-0.39, 0.29) is 6.04 Å². The third-order valence-electron chi connectivity index (χ3n) is 4.84. The number of nitrogens with zero attached hydrogens (tertiary/aromatic N) is 5. The Kier molecular flexibility index (Phi) is 5.46. The Morgan fingerprint density at radius 1 is 1.28 bits per heavy atom. The largest absolute Gasteiger partial charge is 0.383 e. The van der Waals surface area contributed by atoms with E-state index in [9.17, 15) is 0 Å². The van der Waals surface area contributed by atoms with Gasteiger partial charge in [0.05, 0.1) is 29.5 Å². The summed E-state index contributed by atoms with van der Waals surface area (Å²) in [7, 11) is 3.69. The molecule has 0 radical (unpaired) electrons. The number of hydrogen-bond acceptors (Lipinski definition) is 7. The number of rotatable bonds is 7. The fraction of sp³-hybridized carbons (Fsp3) is 0.300. The summed E-state index contributed by atoms with van der Waals surface area (Å²) in [5, 5.41) is 5.08. The van der Waals surface area contributed by atoms with Crippen LogP contribution in [0.1, 0.15) is 18.5 Å². The van der Waals surface area contributed by atoms with Gasteiger partial charge in [-0.3, -0.25) is 0 Å². The Balaban J connectivity index is 1.76. The van der Waals surface area contributed by atoms with Gasteiger partial charge >= 0.3 is 0 Å². The third kappa shape index (κ3) is 3.81. The highest BCUT2D eigenvalue weighted by Crippen LogP contribution is 2.33. The summed E-state index contributed by atoms with van der Waals surface area (Å²) in [4.78, 5) is 22.8. The minimum atomic E-state index is -0.0766. The predicted molar refractivity (Wildman–Crippen MR) is 116 cm³/mol. The number of likely N-dealkylation sites (N-methyl/N-ethyl adjacent to an activating group) is 1. The summed E-state index contributed by atoms with van der Waals surface area (Å²) in [5.74, 6) is 1.54. The summed E-state index contributed by atoms with van der Waals surface area (Å²) in [6, 6.07) is 7.85. The average molecular weight is 412 g/mol. The number of halogens is 1. The molecule has 3 aromatic heterocycles. The van der Waals surface area contributed by atoms with Gasteiger partial charge < -0.3 is 19.9 Å². The number of hydrogen-bond donors (Lipinski definition) is 2. The molecule has 2 N–H and O–H groups in total. The molecule has 3 heterocycles. The number of aromatic amines is 1. The normalized spacial score (nSPS) is 12.4. The number of pyridine rings is 1. The molecule has 4 aromatic rings. The molecule has 1 aromatic carbocycles. The molecule has 8 nitrogen and oxygen atoms in total. The lowest BCUT2D eigenvalue weighted by atomic mass is 10.1. The van der Waals surface area contributed by atoms with E-state index >= 15 is 0 Å². The minimum Gasteiger partial charge on any atom is -0.383 e. The summed E-state index contributed by atoms with van der Waals surface area (Å²) >= 11 is 6.40. The fourth-order valence-corrected chi connectivity index (χ4v) is 3.51. The number of imidazole rings is 1. The lowest BCUT2D eigenvalue weighted by Gasteiger charge is -2.25. The smallest absolute Gasteiger partial charge is 0.182 e. The first kappa shape index (κ1) is 19.4. The fourth-order valence-electron chi connectivity index (χ4n) is 3.28. The van der Waals surface area contributed by atoms with Crippen LogP contribution in [0, 0.1) is 0 Å². The first-order valence-electron chi connectivity index (χ1n) is 9.28. The maximum absolute atomic E-state index is 6.40. The molecule has 150 valence electrons. The first-order chi connectivity index (χ1) is 14.1. The van der Waals surface area contributed by atoms with Crippen LogP contribution >= 0.6 is 11.6 Å². The zero-order valence-electron chi connectivity index (χ0n) is 16.5. The number of fused-ring (bicyclic) bond motifs is 2. The maximum atomic E-state index is 6.40. The van der Waals surface area contributed by atoms with Crippen molar-refractivity contribution >= 4 is 45.3 Å². The highest BCUT2D eigenvalue weighted by atomic mass is 35.5. The van der Waals surface area contributed by atoms with Crippen molar-refractivity contribution in [1.29, 1.82) is 0 Å². The lowest BCUT2D eigenvalue weighted by molar-refractivity contribution is 0.206. The van der Waals surface area contributed by atoms with Crippen molar-refractivity contribution in [2.24, 2.45) is 0 Å². The zero-order valence-corrected chi connectivity index (χ0v) is 17.2. The predicted octanol–water partition coefficient (Wildman–Crippen LogP) is 3.81. The Morgan fingerprint density at radius 3 is 2.97 bits per heavy atom. The number of nitrogens with one attached hydrogen (secondary N) is 2. The van der Waals surface area contributed by atoms with Crippen LogP contribution in [-0.2, 0) is 4.74 Å². The second kappa shape index (κ2) is 8.18. The van der Waals surface area contributed by atoms with Crippen molar-refractivity contribution < 1.29 is 4.74 Å². The lowest BCUT2D eigenvalue weighted by Crippen LogP contribution is -2.25. The molecule has 0 amide bonds. The molecule has 0 aliphatic carbocycles. The number of benzene rings is 1. The molecule has 29 heavy (non-hydrogen) atoms. The minimum absolute atomic E-state index is 0.0766. The van der Waals surface area contributed by atoms with E-state index in [0.29, 0.717) is 29.6 Å². The Morgan fingerprint density at radius 2 is 2.14 bits per heavy atom. The number of anilines is 2. The highest BCUT2D eigenvalue weighted by molar-refractivity contribution is 6.35. The van der Waals surface area contributed by atoms with Crippen molar-refractivity contribution in [2.45, 2.75) is 13.0 Å². The van der Waals surface area contributed by atoms with Crippen LogP contribution in [0.3, 0.4) is 0 Å². The van der Waals surface area contributed by atoms with E-state index in [2.05, 4.69) is 43.1 Å². The molecule has 9 heteroatoms. The van der Waals surface area contributed by atoms with Crippen LogP contribution in [0.4, 0.5) is 11.6 Å². The molecule has 4 rings (SSSR count). The molecule has 0 spiro atoms. The average Bonchev–Trinajstić information content (AvgIpc) is 3.21. The Bertz CT molecular complexity index is 1150. The van der Waals surface area contributed by atoms with E-state index in [1.807, 2.05) is 25.2 Å². The second-order valence-corrected chi connectivity index (χ2v) is 7.22. The van der Waals surface area contributed by atoms with Crippen LogP contribution < -0.4 is 10.2 Å². The van der Waals surface area contributed by atoms with Gasteiger partial charge in [-0.05, 0) is 19.1 Å². The van der Waals surface area contributed by atoms with Gasteiger partial charge in [0.25, 0.3) is 0 Å². The number of para-hydroxylation sites is 1. The summed E-state index contributed by atoms with van der Waals surface area (Å²) in [5.41, 5.74) is 3.20. The zero-order chi connectivity index (χ0) is 20.4. The SMILES string of the molecule is COCCN(C)c1nc2c(Cl)cccc2cc1[C@H](C)Nc1ncnc2nc[nH]c12. The van der Waals surface area contributed by atoms with Crippen molar-refractivity contribution in [2.75, 3.05) is 37.5 Å². The molecule has 0 aliphatic heterocycles. The van der Waals surface area contributed by atoms with Gasteiger partial charge in [0.1, 0.15) is 17.7 Å². The number of ether oxygens (including phenoxy) is 1. The second-order valence-electron chi connectivity index (χ2n) is 6.82. The van der Waals surface area contributed by atoms with Crippen LogP contribution in [0.25, 0.3) is 22.1 Å². The Hall–Kier alpha value is -2.97. The number of aromatic nitrogens is 5. The van der Waals surface area contributed by atoms with Crippen LogP contribution in [0.5, 0.6) is 0 Å². The molecule has 0 saturated heterocycles. The van der Waals surface area contributed by atoms with Gasteiger partial charge in [0.15, 0.2) is 11.5 Å². The third-order valence-corrected chi connectivity index (χ3v) is 5.15. The molecule has 0 bridgehead atoms. The van der Waals surface area contributed by atoms with Crippen LogP contribution in [0.2, 0.25) is 5.02 Å². The van der Waals surface area contributed by atoms with Crippen molar-refractivity contribution in [3.63, 3.8) is 0 Å². The van der Waals surface area contributed by atoms with E-state index in [1.165, 1.54) is 6.33 Å². The number of H-pyrrole nitrogens is 1. The highest BCUT2D eigenvalue weighted by Gasteiger charge is 2.19. The van der Waals surface area contributed by atoms with Gasteiger partial charge in [0, 0.05) is 31.7 Å². The molecular formula is C20H22ClN7O. The van der Waals surface area contributed by atoms with Gasteiger partial charge in [-0.25, -0.2) is 19.9 Å².